The van der Waals surface area contributed by atoms with E-state index in [4.69, 9.17) is 22.2 Å². The van der Waals surface area contributed by atoms with Gasteiger partial charge >= 0.3 is 0 Å². The molecule has 4 heteroatoms. The molecule has 0 saturated carbocycles. The molecular weight excluding hydrogens is 136 g/mol. The second-order valence-electron chi connectivity index (χ2n) is 2.26. The van der Waals surface area contributed by atoms with Crippen molar-refractivity contribution in [2.45, 2.75) is 24.4 Å². The largest absolute Gasteiger partial charge is 0.394 e. The van der Waals surface area contributed by atoms with E-state index in [9.17, 15) is 0 Å². The van der Waals surface area contributed by atoms with Crippen molar-refractivity contribution in [3.05, 3.63) is 6.92 Å². The number of hydrogen-bond donors (Lipinski definition) is 3. The van der Waals surface area contributed by atoms with Gasteiger partial charge in [-0.3, -0.25) is 0 Å². The van der Waals surface area contributed by atoms with Gasteiger partial charge in [-0.1, -0.05) is 0 Å². The Morgan fingerprint density at radius 3 is 2.10 bits per heavy atom. The lowest BCUT2D eigenvalue weighted by molar-refractivity contribution is -0.0126. The van der Waals surface area contributed by atoms with Crippen molar-refractivity contribution in [1.82, 2.24) is 0 Å². The minimum absolute atomic E-state index is 0.367. The van der Waals surface area contributed by atoms with Crippen LogP contribution < -0.4 is 0 Å². The summed E-state index contributed by atoms with van der Waals surface area (Å²) in [5, 5.41) is 26.4. The monoisotopic (exact) mass is 145 g/mol. The van der Waals surface area contributed by atoms with Crippen molar-refractivity contribution in [2.75, 3.05) is 6.61 Å². The van der Waals surface area contributed by atoms with Crippen molar-refractivity contribution < 1.29 is 20.1 Å². The van der Waals surface area contributed by atoms with Crippen LogP contribution >= 0.6 is 0 Å². The van der Waals surface area contributed by atoms with Crippen LogP contribution in [0.4, 0.5) is 0 Å². The first-order chi connectivity index (χ1) is 4.66. The average molecular weight is 145 g/mol. The smallest absolute Gasteiger partial charge is 0.111 e. The Balaban J connectivity index is 2.53. The van der Waals surface area contributed by atoms with Gasteiger partial charge in [0.1, 0.15) is 18.3 Å². The summed E-state index contributed by atoms with van der Waals surface area (Å²) in [4.78, 5) is 0. The highest BCUT2D eigenvalue weighted by Crippen LogP contribution is 2.19. The number of hydrogen-bond acceptors (Lipinski definition) is 4. The van der Waals surface area contributed by atoms with Crippen molar-refractivity contribution in [3.8, 4) is 0 Å². The standard InChI is InChI=1S/C6H9O4/c1-3-5(8)6(9)4(2-7)10-3/h3-9H,2H2/t3?,4-,5+,6-/m1/s1. The van der Waals surface area contributed by atoms with Gasteiger partial charge in [0, 0.05) is 6.92 Å². The maximum Gasteiger partial charge on any atom is 0.111 e. The molecule has 3 N–H and O–H groups in total. The molecule has 0 aromatic carbocycles. The van der Waals surface area contributed by atoms with E-state index in [1.165, 1.54) is 0 Å². The second-order valence-corrected chi connectivity index (χ2v) is 2.26. The summed E-state index contributed by atoms with van der Waals surface area (Å²) in [6.45, 7) is 6.59. The predicted octanol–water partition coefficient (Wildman–Crippen LogP) is -1.94. The average Bonchev–Trinajstić information content (AvgIpc) is 2.17. The summed E-state index contributed by atoms with van der Waals surface area (Å²) in [7, 11) is 0. The molecule has 4 nitrogen and oxygen atoms in total. The fraction of sp³-hybridized carbons (Fsp3) is 0.833. The molecule has 1 unspecified atom stereocenters. The number of aliphatic hydroxyl groups is 3. The molecule has 57 valence electrons. The van der Waals surface area contributed by atoms with Gasteiger partial charge in [-0.2, -0.15) is 0 Å². The maximum atomic E-state index is 8.97. The SMILES string of the molecule is [C]C1O[C@H](CO)[C@@H](O)[C@H]1O. The molecule has 1 aliphatic heterocycles. The Labute approximate surface area is 59.1 Å². The summed E-state index contributed by atoms with van der Waals surface area (Å²) in [6.07, 6.45) is -4.27. The maximum absolute atomic E-state index is 8.97. The zero-order chi connectivity index (χ0) is 7.72. The van der Waals surface area contributed by atoms with Gasteiger partial charge in [0.05, 0.1) is 12.7 Å². The minimum Gasteiger partial charge on any atom is -0.394 e. The van der Waals surface area contributed by atoms with E-state index in [2.05, 4.69) is 4.74 Å². The lowest BCUT2D eigenvalue weighted by Crippen LogP contribution is -2.33. The van der Waals surface area contributed by atoms with E-state index in [0.29, 0.717) is 0 Å². The summed E-state index contributed by atoms with van der Waals surface area (Å²) >= 11 is 0. The Bertz CT molecular complexity index is 116. The van der Waals surface area contributed by atoms with Gasteiger partial charge in [0.25, 0.3) is 0 Å². The lowest BCUT2D eigenvalue weighted by Gasteiger charge is -2.10. The third-order valence-corrected chi connectivity index (χ3v) is 1.54. The number of aliphatic hydroxyl groups excluding tert-OH is 3. The third kappa shape index (κ3) is 1.15. The van der Waals surface area contributed by atoms with E-state index >= 15 is 0 Å². The zero-order valence-corrected chi connectivity index (χ0v) is 5.27. The number of ether oxygens (including phenoxy) is 1. The van der Waals surface area contributed by atoms with Gasteiger partial charge in [-0.15, -0.1) is 0 Å². The number of rotatable bonds is 1. The van der Waals surface area contributed by atoms with Crippen LogP contribution in [0.1, 0.15) is 0 Å². The second kappa shape index (κ2) is 2.84. The molecule has 0 aliphatic carbocycles. The summed E-state index contributed by atoms with van der Waals surface area (Å²) in [6, 6.07) is 0. The lowest BCUT2D eigenvalue weighted by atomic mass is 10.1. The molecular formula is C6H9O4. The Morgan fingerprint density at radius 2 is 1.90 bits per heavy atom. The molecule has 3 radical (unpaired) electrons. The normalized spacial score (nSPS) is 48.0. The first kappa shape index (κ1) is 7.94. The van der Waals surface area contributed by atoms with Crippen LogP contribution in [0.3, 0.4) is 0 Å². The fourth-order valence-corrected chi connectivity index (χ4v) is 0.899. The highest BCUT2D eigenvalue weighted by molar-refractivity contribution is 4.91. The van der Waals surface area contributed by atoms with E-state index < -0.39 is 24.4 Å². The van der Waals surface area contributed by atoms with Crippen LogP contribution in [-0.2, 0) is 4.74 Å². The van der Waals surface area contributed by atoms with Crippen molar-refractivity contribution in [1.29, 1.82) is 0 Å². The van der Waals surface area contributed by atoms with E-state index in [0.717, 1.165) is 0 Å². The molecule has 1 aliphatic rings. The zero-order valence-electron chi connectivity index (χ0n) is 5.27. The van der Waals surface area contributed by atoms with Crippen LogP contribution in [0.2, 0.25) is 0 Å². The topological polar surface area (TPSA) is 69.9 Å². The molecule has 0 bridgehead atoms. The molecule has 1 heterocycles. The molecule has 0 spiro atoms. The molecule has 0 aromatic rings. The molecule has 1 fully saturated rings. The molecule has 1 rings (SSSR count). The van der Waals surface area contributed by atoms with Crippen molar-refractivity contribution in [2.24, 2.45) is 0 Å². The minimum atomic E-state index is -1.20. The van der Waals surface area contributed by atoms with Gasteiger partial charge in [-0.05, 0) is 0 Å². The molecule has 1 saturated heterocycles. The fourth-order valence-electron chi connectivity index (χ4n) is 0.899. The van der Waals surface area contributed by atoms with Gasteiger partial charge in [0.2, 0.25) is 0 Å². The van der Waals surface area contributed by atoms with Crippen LogP contribution in [-0.4, -0.2) is 46.3 Å². The van der Waals surface area contributed by atoms with E-state index in [1.54, 1.807) is 0 Å². The Hall–Kier alpha value is -0.160. The van der Waals surface area contributed by atoms with Crippen molar-refractivity contribution >= 4 is 0 Å². The molecule has 0 amide bonds. The Kier molecular flexibility index (Phi) is 2.25. The van der Waals surface area contributed by atoms with E-state index in [1.807, 2.05) is 0 Å². The van der Waals surface area contributed by atoms with Crippen LogP contribution in [0.5, 0.6) is 0 Å². The summed E-state index contributed by atoms with van der Waals surface area (Å²) < 4.78 is 4.65. The molecule has 10 heavy (non-hydrogen) atoms. The van der Waals surface area contributed by atoms with Crippen LogP contribution in [0, 0.1) is 6.92 Å². The first-order valence-corrected chi connectivity index (χ1v) is 3.00. The predicted molar refractivity (Wildman–Crippen MR) is 31.0 cm³/mol. The molecule has 4 atom stereocenters. The third-order valence-electron chi connectivity index (χ3n) is 1.54. The van der Waals surface area contributed by atoms with Gasteiger partial charge in [0.15, 0.2) is 0 Å². The van der Waals surface area contributed by atoms with Crippen molar-refractivity contribution in [3.63, 3.8) is 0 Å². The van der Waals surface area contributed by atoms with Gasteiger partial charge < -0.3 is 20.1 Å². The quantitative estimate of drug-likeness (QED) is 0.401. The summed E-state index contributed by atoms with van der Waals surface area (Å²) in [5.74, 6) is 0. The Morgan fingerprint density at radius 1 is 1.30 bits per heavy atom. The molecule has 0 aromatic heterocycles. The summed E-state index contributed by atoms with van der Waals surface area (Å²) in [5.41, 5.74) is 0. The van der Waals surface area contributed by atoms with Crippen LogP contribution in [0.25, 0.3) is 0 Å². The van der Waals surface area contributed by atoms with Crippen LogP contribution in [0.15, 0.2) is 0 Å². The van der Waals surface area contributed by atoms with Gasteiger partial charge in [-0.25, -0.2) is 0 Å². The highest BCUT2D eigenvalue weighted by atomic mass is 16.5. The first-order valence-electron chi connectivity index (χ1n) is 3.00. The highest BCUT2D eigenvalue weighted by Gasteiger charge is 2.39. The van der Waals surface area contributed by atoms with E-state index in [-0.39, 0.29) is 6.61 Å².